The minimum Gasteiger partial charge on any atom is -0.457 e. The van der Waals surface area contributed by atoms with Gasteiger partial charge in [-0.25, -0.2) is 4.79 Å². The van der Waals surface area contributed by atoms with Crippen LogP contribution in [0.25, 0.3) is 0 Å². The minimum absolute atomic E-state index is 0.103. The summed E-state index contributed by atoms with van der Waals surface area (Å²) in [6.07, 6.45) is 1.61. The van der Waals surface area contributed by atoms with Crippen LogP contribution in [0.5, 0.6) is 0 Å². The number of carbonyl (C=O) groups excluding carboxylic acids is 1. The molecule has 1 aromatic heterocycles. The van der Waals surface area contributed by atoms with E-state index in [9.17, 15) is 9.59 Å². The van der Waals surface area contributed by atoms with E-state index in [1.807, 2.05) is 0 Å². The molecule has 0 fully saturated rings. The molecule has 1 atom stereocenters. The topological polar surface area (TPSA) is 95.7 Å². The third kappa shape index (κ3) is 4.90. The molecule has 0 unspecified atom stereocenters. The first-order chi connectivity index (χ1) is 8.93. The number of nitrogens with two attached hydrogens (primary N) is 1. The standard InChI is InChI=1S/C13H21NO5/c1-8(2)4-5-10(6-14)12(15)17-7-11-9(3)18-13(16)19-11/h8,10H,4-7,14H2,1-3H3/t10-/m0/s1. The van der Waals surface area contributed by atoms with Crippen molar-refractivity contribution in [1.82, 2.24) is 0 Å². The van der Waals surface area contributed by atoms with Gasteiger partial charge in [-0.1, -0.05) is 20.3 Å². The monoisotopic (exact) mass is 271 g/mol. The molecule has 1 aromatic rings. The minimum atomic E-state index is -0.793. The molecule has 108 valence electrons. The van der Waals surface area contributed by atoms with Gasteiger partial charge in [0.15, 0.2) is 18.1 Å². The van der Waals surface area contributed by atoms with Crippen LogP contribution < -0.4 is 11.6 Å². The van der Waals surface area contributed by atoms with Crippen molar-refractivity contribution in [3.63, 3.8) is 0 Å². The van der Waals surface area contributed by atoms with Crippen molar-refractivity contribution in [1.29, 1.82) is 0 Å². The Morgan fingerprint density at radius 2 is 2.00 bits per heavy atom. The maximum Gasteiger partial charge on any atom is 0.519 e. The lowest BCUT2D eigenvalue weighted by atomic mass is 9.98. The van der Waals surface area contributed by atoms with E-state index in [1.54, 1.807) is 6.92 Å². The van der Waals surface area contributed by atoms with Crippen LogP contribution in [-0.2, 0) is 16.1 Å². The van der Waals surface area contributed by atoms with Crippen LogP contribution in [0.3, 0.4) is 0 Å². The molecule has 0 amide bonds. The molecule has 6 heteroatoms. The van der Waals surface area contributed by atoms with Gasteiger partial charge in [-0.3, -0.25) is 4.79 Å². The highest BCUT2D eigenvalue weighted by molar-refractivity contribution is 5.72. The molecule has 0 bridgehead atoms. The van der Waals surface area contributed by atoms with E-state index in [1.165, 1.54) is 0 Å². The summed E-state index contributed by atoms with van der Waals surface area (Å²) in [6.45, 7) is 5.90. The fourth-order valence-electron chi connectivity index (χ4n) is 1.63. The molecule has 1 heterocycles. The van der Waals surface area contributed by atoms with Gasteiger partial charge in [0.1, 0.15) is 0 Å². The van der Waals surface area contributed by atoms with E-state index < -0.39 is 5.82 Å². The number of carbonyl (C=O) groups is 1. The Morgan fingerprint density at radius 3 is 2.47 bits per heavy atom. The summed E-state index contributed by atoms with van der Waals surface area (Å²) >= 11 is 0. The zero-order valence-electron chi connectivity index (χ0n) is 11.6. The number of hydrogen-bond acceptors (Lipinski definition) is 6. The highest BCUT2D eigenvalue weighted by Gasteiger charge is 2.20. The Bertz CT molecular complexity index is 460. The molecule has 0 aliphatic heterocycles. The third-order valence-electron chi connectivity index (χ3n) is 2.89. The molecule has 2 N–H and O–H groups in total. The Balaban J connectivity index is 2.48. The van der Waals surface area contributed by atoms with Crippen LogP contribution in [-0.4, -0.2) is 12.5 Å². The van der Waals surface area contributed by atoms with Gasteiger partial charge in [0, 0.05) is 6.54 Å². The SMILES string of the molecule is Cc1oc(=O)oc1COC(=O)[C@H](CN)CCC(C)C. The molecule has 0 radical (unpaired) electrons. The maximum absolute atomic E-state index is 11.8. The highest BCUT2D eigenvalue weighted by atomic mass is 16.6. The van der Waals surface area contributed by atoms with Gasteiger partial charge in [-0.15, -0.1) is 0 Å². The van der Waals surface area contributed by atoms with Crippen LogP contribution in [0.2, 0.25) is 0 Å². The normalized spacial score (nSPS) is 12.7. The van der Waals surface area contributed by atoms with Gasteiger partial charge in [0.25, 0.3) is 0 Å². The fraction of sp³-hybridized carbons (Fsp3) is 0.692. The van der Waals surface area contributed by atoms with Crippen molar-refractivity contribution < 1.29 is 18.4 Å². The molecule has 0 aromatic carbocycles. The highest BCUT2D eigenvalue weighted by Crippen LogP contribution is 2.14. The summed E-state index contributed by atoms with van der Waals surface area (Å²) in [4.78, 5) is 22.7. The second-order valence-electron chi connectivity index (χ2n) is 4.95. The van der Waals surface area contributed by atoms with E-state index in [0.29, 0.717) is 18.1 Å². The van der Waals surface area contributed by atoms with Gasteiger partial charge in [0.2, 0.25) is 0 Å². The maximum atomic E-state index is 11.8. The molecule has 0 saturated carbocycles. The summed E-state index contributed by atoms with van der Waals surface area (Å²) in [7, 11) is 0. The van der Waals surface area contributed by atoms with Crippen molar-refractivity contribution in [3.8, 4) is 0 Å². The lowest BCUT2D eigenvalue weighted by molar-refractivity contribution is -0.150. The summed E-state index contributed by atoms with van der Waals surface area (Å²) in [5, 5.41) is 0. The molecule has 0 aliphatic rings. The summed E-state index contributed by atoms with van der Waals surface area (Å²) in [5.74, 6) is -0.412. The molecule has 0 spiro atoms. The summed E-state index contributed by atoms with van der Waals surface area (Å²) < 4.78 is 14.5. The Kier molecular flexibility index (Phi) is 5.82. The van der Waals surface area contributed by atoms with Crippen LogP contribution >= 0.6 is 0 Å². The number of esters is 1. The first kappa shape index (κ1) is 15.5. The molecule has 1 rings (SSSR count). The number of ether oxygens (including phenoxy) is 1. The zero-order valence-corrected chi connectivity index (χ0v) is 11.6. The van der Waals surface area contributed by atoms with Crippen molar-refractivity contribution in [2.75, 3.05) is 6.54 Å². The van der Waals surface area contributed by atoms with Crippen molar-refractivity contribution >= 4 is 5.97 Å². The van der Waals surface area contributed by atoms with Crippen molar-refractivity contribution in [3.05, 3.63) is 22.1 Å². The van der Waals surface area contributed by atoms with E-state index in [0.717, 1.165) is 6.42 Å². The van der Waals surface area contributed by atoms with Crippen LogP contribution in [0.15, 0.2) is 13.6 Å². The number of rotatable bonds is 7. The Labute approximate surface area is 111 Å². The predicted molar refractivity (Wildman–Crippen MR) is 68.4 cm³/mol. The van der Waals surface area contributed by atoms with E-state index >= 15 is 0 Å². The summed E-state index contributed by atoms with van der Waals surface area (Å²) in [5.41, 5.74) is 5.57. The van der Waals surface area contributed by atoms with E-state index in [-0.39, 0.29) is 30.8 Å². The van der Waals surface area contributed by atoms with Gasteiger partial charge >= 0.3 is 11.8 Å². The first-order valence-corrected chi connectivity index (χ1v) is 6.40. The molecular weight excluding hydrogens is 250 g/mol. The average molecular weight is 271 g/mol. The van der Waals surface area contributed by atoms with Gasteiger partial charge in [0.05, 0.1) is 5.92 Å². The number of hydrogen-bond donors (Lipinski definition) is 1. The third-order valence-corrected chi connectivity index (χ3v) is 2.89. The predicted octanol–water partition coefficient (Wildman–Crippen LogP) is 1.60. The van der Waals surface area contributed by atoms with Gasteiger partial charge in [-0.05, 0) is 19.3 Å². The van der Waals surface area contributed by atoms with Gasteiger partial charge < -0.3 is 19.3 Å². The molecule has 6 nitrogen and oxygen atoms in total. The zero-order chi connectivity index (χ0) is 14.4. The van der Waals surface area contributed by atoms with Crippen LogP contribution in [0.1, 0.15) is 38.2 Å². The molecule has 0 saturated heterocycles. The van der Waals surface area contributed by atoms with Gasteiger partial charge in [-0.2, -0.15) is 0 Å². The first-order valence-electron chi connectivity index (χ1n) is 6.40. The number of aryl methyl sites for hydroxylation is 1. The van der Waals surface area contributed by atoms with E-state index in [4.69, 9.17) is 14.9 Å². The molecule has 0 aliphatic carbocycles. The molecule has 19 heavy (non-hydrogen) atoms. The smallest absolute Gasteiger partial charge is 0.457 e. The van der Waals surface area contributed by atoms with Crippen molar-refractivity contribution in [2.45, 2.75) is 40.2 Å². The second kappa shape index (κ2) is 7.13. The summed E-state index contributed by atoms with van der Waals surface area (Å²) in [6, 6.07) is 0. The fourth-order valence-corrected chi connectivity index (χ4v) is 1.63. The van der Waals surface area contributed by atoms with Crippen LogP contribution in [0, 0.1) is 18.8 Å². The Morgan fingerprint density at radius 1 is 1.32 bits per heavy atom. The lowest BCUT2D eigenvalue weighted by Crippen LogP contribution is -2.26. The Hall–Kier alpha value is -1.56. The van der Waals surface area contributed by atoms with E-state index in [2.05, 4.69) is 18.3 Å². The quantitative estimate of drug-likeness (QED) is 0.757. The lowest BCUT2D eigenvalue weighted by Gasteiger charge is -2.14. The average Bonchev–Trinajstić information content (AvgIpc) is 2.65. The van der Waals surface area contributed by atoms with Crippen molar-refractivity contribution in [2.24, 2.45) is 17.6 Å². The molecular formula is C13H21NO5. The van der Waals surface area contributed by atoms with Crippen LogP contribution in [0.4, 0.5) is 0 Å². The largest absolute Gasteiger partial charge is 0.519 e. The second-order valence-corrected chi connectivity index (χ2v) is 4.95.